The minimum absolute atomic E-state index is 0.370. The highest BCUT2D eigenvalue weighted by molar-refractivity contribution is 4.87. The molecule has 6 heteroatoms. The Labute approximate surface area is 119 Å². The van der Waals surface area contributed by atoms with Crippen molar-refractivity contribution in [2.75, 3.05) is 33.2 Å². The molecular formula is C14H26F3N3. The van der Waals surface area contributed by atoms with Gasteiger partial charge in [0.05, 0.1) is 6.54 Å². The van der Waals surface area contributed by atoms with Crippen molar-refractivity contribution in [3.63, 3.8) is 0 Å². The summed E-state index contributed by atoms with van der Waals surface area (Å²) >= 11 is 0. The SMILES string of the molecule is CC(CNC1CCN(CC(F)(F)F)CC1)N(C)C1CC1. The molecule has 118 valence electrons. The van der Waals surface area contributed by atoms with Gasteiger partial charge in [0.15, 0.2) is 0 Å². The first-order valence-corrected chi connectivity index (χ1v) is 7.59. The van der Waals surface area contributed by atoms with Crippen LogP contribution in [0, 0.1) is 0 Å². The highest BCUT2D eigenvalue weighted by atomic mass is 19.4. The maximum Gasteiger partial charge on any atom is 0.401 e. The van der Waals surface area contributed by atoms with Crippen LogP contribution in [0.2, 0.25) is 0 Å². The van der Waals surface area contributed by atoms with E-state index in [4.69, 9.17) is 0 Å². The minimum atomic E-state index is -4.07. The third kappa shape index (κ3) is 5.22. The number of hydrogen-bond donors (Lipinski definition) is 1. The van der Waals surface area contributed by atoms with Gasteiger partial charge in [-0.1, -0.05) is 0 Å². The van der Waals surface area contributed by atoms with Gasteiger partial charge in [-0.25, -0.2) is 0 Å². The summed E-state index contributed by atoms with van der Waals surface area (Å²) in [6, 6.07) is 1.62. The number of hydrogen-bond acceptors (Lipinski definition) is 3. The summed E-state index contributed by atoms with van der Waals surface area (Å²) in [4.78, 5) is 3.92. The van der Waals surface area contributed by atoms with Crippen LogP contribution >= 0.6 is 0 Å². The summed E-state index contributed by atoms with van der Waals surface area (Å²) in [5.74, 6) is 0. The van der Waals surface area contributed by atoms with Gasteiger partial charge in [0.2, 0.25) is 0 Å². The third-order valence-electron chi connectivity index (χ3n) is 4.51. The summed E-state index contributed by atoms with van der Waals surface area (Å²) < 4.78 is 36.9. The topological polar surface area (TPSA) is 18.5 Å². The van der Waals surface area contributed by atoms with Crippen molar-refractivity contribution in [3.05, 3.63) is 0 Å². The van der Waals surface area contributed by atoms with Crippen LogP contribution in [0.15, 0.2) is 0 Å². The first kappa shape index (κ1) is 16.0. The van der Waals surface area contributed by atoms with Crippen molar-refractivity contribution in [2.24, 2.45) is 0 Å². The van der Waals surface area contributed by atoms with Crippen molar-refractivity contribution in [1.29, 1.82) is 0 Å². The monoisotopic (exact) mass is 293 g/mol. The van der Waals surface area contributed by atoms with Crippen molar-refractivity contribution >= 4 is 0 Å². The second-order valence-corrected chi connectivity index (χ2v) is 6.32. The minimum Gasteiger partial charge on any atom is -0.312 e. The molecule has 0 radical (unpaired) electrons. The Morgan fingerprint density at radius 3 is 2.30 bits per heavy atom. The number of likely N-dealkylation sites (tertiary alicyclic amines) is 1. The van der Waals surface area contributed by atoms with Crippen LogP contribution in [-0.4, -0.2) is 67.3 Å². The Morgan fingerprint density at radius 1 is 1.20 bits per heavy atom. The first-order valence-electron chi connectivity index (χ1n) is 7.59. The van der Waals surface area contributed by atoms with Gasteiger partial charge in [-0.3, -0.25) is 9.80 Å². The number of nitrogens with one attached hydrogen (secondary N) is 1. The number of alkyl halides is 3. The number of piperidine rings is 1. The second-order valence-electron chi connectivity index (χ2n) is 6.32. The van der Waals surface area contributed by atoms with Gasteiger partial charge in [0.1, 0.15) is 0 Å². The molecule has 0 spiro atoms. The third-order valence-corrected chi connectivity index (χ3v) is 4.51. The Bertz CT molecular complexity index is 297. The van der Waals surface area contributed by atoms with E-state index >= 15 is 0 Å². The van der Waals surface area contributed by atoms with Gasteiger partial charge in [-0.05, 0) is 52.7 Å². The molecule has 1 saturated heterocycles. The molecule has 0 aromatic rings. The van der Waals surface area contributed by atoms with Crippen LogP contribution < -0.4 is 5.32 Å². The fourth-order valence-corrected chi connectivity index (χ4v) is 2.87. The molecular weight excluding hydrogens is 267 g/mol. The first-order chi connectivity index (χ1) is 9.35. The van der Waals surface area contributed by atoms with Crippen LogP contribution in [0.5, 0.6) is 0 Å². The van der Waals surface area contributed by atoms with E-state index in [-0.39, 0.29) is 0 Å². The van der Waals surface area contributed by atoms with Crippen LogP contribution in [0.1, 0.15) is 32.6 Å². The summed E-state index contributed by atoms with van der Waals surface area (Å²) in [7, 11) is 2.16. The molecule has 3 nitrogen and oxygen atoms in total. The standard InChI is InChI=1S/C14H26F3N3/c1-11(19(2)13-3-4-13)9-18-12-5-7-20(8-6-12)10-14(15,16)17/h11-13,18H,3-10H2,1-2H3. The zero-order valence-corrected chi connectivity index (χ0v) is 12.4. The van der Waals surface area contributed by atoms with E-state index in [1.807, 2.05) is 0 Å². The molecule has 0 aromatic heterocycles. The number of likely N-dealkylation sites (N-methyl/N-ethyl adjacent to an activating group) is 1. The zero-order chi connectivity index (χ0) is 14.8. The lowest BCUT2D eigenvalue weighted by atomic mass is 10.0. The Balaban J connectivity index is 1.61. The van der Waals surface area contributed by atoms with Gasteiger partial charge < -0.3 is 5.32 Å². The molecule has 0 aromatic carbocycles. The fourth-order valence-electron chi connectivity index (χ4n) is 2.87. The maximum atomic E-state index is 12.3. The van der Waals surface area contributed by atoms with Crippen molar-refractivity contribution in [3.8, 4) is 0 Å². The van der Waals surface area contributed by atoms with Gasteiger partial charge >= 0.3 is 6.18 Å². The lowest BCUT2D eigenvalue weighted by Crippen LogP contribution is -2.48. The van der Waals surface area contributed by atoms with Gasteiger partial charge in [0, 0.05) is 24.7 Å². The molecule has 1 unspecified atom stereocenters. The molecule has 1 aliphatic carbocycles. The maximum absolute atomic E-state index is 12.3. The van der Waals surface area contributed by atoms with E-state index in [1.165, 1.54) is 17.7 Å². The van der Waals surface area contributed by atoms with Crippen molar-refractivity contribution < 1.29 is 13.2 Å². The van der Waals surface area contributed by atoms with Crippen molar-refractivity contribution in [1.82, 2.24) is 15.1 Å². The van der Waals surface area contributed by atoms with Crippen LogP contribution in [0.3, 0.4) is 0 Å². The Kier molecular flexibility index (Phi) is 5.31. The van der Waals surface area contributed by atoms with Gasteiger partial charge in [-0.15, -0.1) is 0 Å². The molecule has 1 N–H and O–H groups in total. The number of rotatable bonds is 6. The molecule has 1 saturated carbocycles. The van der Waals surface area contributed by atoms with E-state index in [0.29, 0.717) is 25.2 Å². The van der Waals surface area contributed by atoms with E-state index in [9.17, 15) is 13.2 Å². The molecule has 2 rings (SSSR count). The normalized spacial score (nSPS) is 24.3. The van der Waals surface area contributed by atoms with Crippen molar-refractivity contribution in [2.45, 2.75) is 56.9 Å². The lowest BCUT2D eigenvalue weighted by molar-refractivity contribution is -0.148. The molecule has 1 heterocycles. The number of halogens is 3. The smallest absolute Gasteiger partial charge is 0.312 e. The second kappa shape index (κ2) is 6.62. The van der Waals surface area contributed by atoms with E-state index in [1.54, 1.807) is 0 Å². The Morgan fingerprint density at radius 2 is 1.80 bits per heavy atom. The molecule has 2 fully saturated rings. The average Bonchev–Trinajstić information content (AvgIpc) is 3.19. The van der Waals surface area contributed by atoms with E-state index in [2.05, 4.69) is 24.2 Å². The van der Waals surface area contributed by atoms with E-state index < -0.39 is 12.7 Å². The zero-order valence-electron chi connectivity index (χ0n) is 12.4. The molecule has 20 heavy (non-hydrogen) atoms. The predicted molar refractivity (Wildman–Crippen MR) is 73.8 cm³/mol. The highest BCUT2D eigenvalue weighted by Gasteiger charge is 2.33. The van der Waals surface area contributed by atoms with Crippen LogP contribution in [-0.2, 0) is 0 Å². The summed E-state index contributed by atoms with van der Waals surface area (Å²) in [5.41, 5.74) is 0. The summed E-state index contributed by atoms with van der Waals surface area (Å²) in [6.07, 6.45) is 0.168. The highest BCUT2D eigenvalue weighted by Crippen LogP contribution is 2.26. The molecule has 0 amide bonds. The molecule has 0 bridgehead atoms. The summed E-state index contributed by atoms with van der Waals surface area (Å²) in [5, 5.41) is 3.52. The Hall–Kier alpha value is -0.330. The quantitative estimate of drug-likeness (QED) is 0.809. The van der Waals surface area contributed by atoms with Gasteiger partial charge in [0.25, 0.3) is 0 Å². The largest absolute Gasteiger partial charge is 0.401 e. The molecule has 1 aliphatic heterocycles. The van der Waals surface area contributed by atoms with E-state index in [0.717, 1.165) is 25.4 Å². The predicted octanol–water partition coefficient (Wildman–Crippen LogP) is 2.09. The van der Waals surface area contributed by atoms with Gasteiger partial charge in [-0.2, -0.15) is 13.2 Å². The number of nitrogens with zero attached hydrogens (tertiary/aromatic N) is 2. The molecule has 1 atom stereocenters. The van der Waals surface area contributed by atoms with Crippen LogP contribution in [0.25, 0.3) is 0 Å². The average molecular weight is 293 g/mol. The molecule has 2 aliphatic rings. The lowest BCUT2D eigenvalue weighted by Gasteiger charge is -2.34. The van der Waals surface area contributed by atoms with Crippen LogP contribution in [0.4, 0.5) is 13.2 Å². The fraction of sp³-hybridized carbons (Fsp3) is 1.00. The summed E-state index contributed by atoms with van der Waals surface area (Å²) in [6.45, 7) is 3.47.